The fraction of sp³-hybridized carbons (Fsp3) is 0.150. The Morgan fingerprint density at radius 3 is 2.59 bits per heavy atom. The van der Waals surface area contributed by atoms with Gasteiger partial charge < -0.3 is 10.3 Å². The molecule has 0 radical (unpaired) electrons. The van der Waals surface area contributed by atoms with E-state index in [-0.39, 0.29) is 17.2 Å². The van der Waals surface area contributed by atoms with Crippen molar-refractivity contribution in [2.45, 2.75) is 18.5 Å². The SMILES string of the molecule is Cc1nc(SCC(=O)Nc2ccc(Cl)cc2Cl)[nH]c(=O)c1Cc1ccccc1Cl. The first kappa shape index (κ1) is 21.7. The normalized spacial score (nSPS) is 10.8. The van der Waals surface area contributed by atoms with E-state index in [1.165, 1.54) is 0 Å². The Kier molecular flexibility index (Phi) is 7.24. The minimum atomic E-state index is -0.278. The highest BCUT2D eigenvalue weighted by Gasteiger charge is 2.13. The van der Waals surface area contributed by atoms with Crippen LogP contribution >= 0.6 is 46.6 Å². The standard InChI is InChI=1S/C20H16Cl3N3O2S/c1-11-14(8-12-4-2-3-5-15(12)22)19(28)26-20(24-11)29-10-18(27)25-17-7-6-13(21)9-16(17)23/h2-7,9H,8,10H2,1H3,(H,25,27)(H,24,26,28). The van der Waals surface area contributed by atoms with Gasteiger partial charge in [-0.1, -0.05) is 64.8 Å². The number of rotatable bonds is 6. The number of hydrogen-bond donors (Lipinski definition) is 2. The van der Waals surface area contributed by atoms with Gasteiger partial charge in [0.2, 0.25) is 5.91 Å². The van der Waals surface area contributed by atoms with Crippen LogP contribution in [0.5, 0.6) is 0 Å². The molecule has 2 aromatic carbocycles. The first-order valence-corrected chi connectivity index (χ1v) is 10.7. The number of carbonyl (C=O) groups excluding carboxylic acids is 1. The van der Waals surface area contributed by atoms with E-state index in [9.17, 15) is 9.59 Å². The van der Waals surface area contributed by atoms with E-state index in [2.05, 4.69) is 15.3 Å². The number of aryl methyl sites for hydroxylation is 1. The summed E-state index contributed by atoms with van der Waals surface area (Å²) in [5, 5.41) is 4.50. The minimum Gasteiger partial charge on any atom is -0.324 e. The number of thioether (sulfide) groups is 1. The largest absolute Gasteiger partial charge is 0.324 e. The second kappa shape index (κ2) is 9.67. The zero-order valence-corrected chi connectivity index (χ0v) is 18.3. The third-order valence-electron chi connectivity index (χ3n) is 4.07. The van der Waals surface area contributed by atoms with Crippen molar-refractivity contribution in [3.8, 4) is 0 Å². The summed E-state index contributed by atoms with van der Waals surface area (Å²) < 4.78 is 0. The summed E-state index contributed by atoms with van der Waals surface area (Å²) in [6.45, 7) is 1.76. The van der Waals surface area contributed by atoms with Gasteiger partial charge in [0, 0.05) is 27.7 Å². The van der Waals surface area contributed by atoms with Gasteiger partial charge >= 0.3 is 0 Å². The van der Waals surface area contributed by atoms with E-state index in [0.29, 0.717) is 43.6 Å². The number of anilines is 1. The third kappa shape index (κ3) is 5.76. The van der Waals surface area contributed by atoms with Crippen molar-refractivity contribution in [2.24, 2.45) is 0 Å². The topological polar surface area (TPSA) is 74.8 Å². The van der Waals surface area contributed by atoms with Crippen LogP contribution in [0.4, 0.5) is 5.69 Å². The van der Waals surface area contributed by atoms with Crippen LogP contribution in [0.1, 0.15) is 16.8 Å². The van der Waals surface area contributed by atoms with Crippen LogP contribution in [0.15, 0.2) is 52.4 Å². The van der Waals surface area contributed by atoms with Gasteiger partial charge in [-0.15, -0.1) is 0 Å². The highest BCUT2D eigenvalue weighted by Crippen LogP contribution is 2.26. The van der Waals surface area contributed by atoms with Gasteiger partial charge in [-0.2, -0.15) is 0 Å². The van der Waals surface area contributed by atoms with Crippen LogP contribution in [-0.4, -0.2) is 21.6 Å². The Morgan fingerprint density at radius 1 is 1.14 bits per heavy atom. The lowest BCUT2D eigenvalue weighted by atomic mass is 10.1. The van der Waals surface area contributed by atoms with Crippen LogP contribution in [-0.2, 0) is 11.2 Å². The number of benzene rings is 2. The molecule has 1 heterocycles. The van der Waals surface area contributed by atoms with Crippen molar-refractivity contribution in [2.75, 3.05) is 11.1 Å². The molecular weight excluding hydrogens is 453 g/mol. The number of aromatic amines is 1. The number of H-pyrrole nitrogens is 1. The number of nitrogens with one attached hydrogen (secondary N) is 2. The minimum absolute atomic E-state index is 0.0607. The molecule has 3 rings (SSSR count). The fourth-order valence-electron chi connectivity index (χ4n) is 2.60. The molecule has 0 aliphatic rings. The van der Waals surface area contributed by atoms with Gasteiger partial charge in [0.25, 0.3) is 5.56 Å². The molecule has 0 aliphatic heterocycles. The molecule has 150 valence electrons. The summed E-state index contributed by atoms with van der Waals surface area (Å²) in [6, 6.07) is 12.2. The average molecular weight is 469 g/mol. The van der Waals surface area contributed by atoms with Crippen molar-refractivity contribution in [1.29, 1.82) is 0 Å². The number of nitrogens with zero attached hydrogens (tertiary/aromatic N) is 1. The Bertz CT molecular complexity index is 1120. The van der Waals surface area contributed by atoms with Gasteiger partial charge in [0.1, 0.15) is 0 Å². The molecule has 1 amide bonds. The average Bonchev–Trinajstić information content (AvgIpc) is 2.66. The molecule has 0 fully saturated rings. The molecule has 5 nitrogen and oxygen atoms in total. The van der Waals surface area contributed by atoms with Crippen molar-refractivity contribution >= 4 is 58.2 Å². The van der Waals surface area contributed by atoms with Crippen molar-refractivity contribution in [1.82, 2.24) is 9.97 Å². The molecule has 0 saturated heterocycles. The maximum atomic E-state index is 12.5. The van der Waals surface area contributed by atoms with Gasteiger partial charge in [0.15, 0.2) is 5.16 Å². The van der Waals surface area contributed by atoms with Gasteiger partial charge in [-0.25, -0.2) is 4.98 Å². The van der Waals surface area contributed by atoms with Crippen LogP contribution in [0.3, 0.4) is 0 Å². The van der Waals surface area contributed by atoms with Crippen LogP contribution < -0.4 is 10.9 Å². The van der Waals surface area contributed by atoms with Crippen LogP contribution in [0.25, 0.3) is 0 Å². The zero-order chi connectivity index (χ0) is 21.0. The second-order valence-corrected chi connectivity index (χ2v) is 8.38. The Morgan fingerprint density at radius 2 is 1.90 bits per heavy atom. The summed E-state index contributed by atoms with van der Waals surface area (Å²) in [6.07, 6.45) is 0.383. The van der Waals surface area contributed by atoms with Crippen LogP contribution in [0.2, 0.25) is 15.1 Å². The molecular formula is C20H16Cl3N3O2S. The maximum absolute atomic E-state index is 12.5. The summed E-state index contributed by atoms with van der Waals surface area (Å²) in [5.41, 5.74) is 2.21. The zero-order valence-electron chi connectivity index (χ0n) is 15.3. The lowest BCUT2D eigenvalue weighted by molar-refractivity contribution is -0.113. The van der Waals surface area contributed by atoms with Gasteiger partial charge in [-0.05, 0) is 36.8 Å². The molecule has 3 aromatic rings. The van der Waals surface area contributed by atoms with E-state index in [1.807, 2.05) is 18.2 Å². The second-order valence-electron chi connectivity index (χ2n) is 6.16. The highest BCUT2D eigenvalue weighted by atomic mass is 35.5. The van der Waals surface area contributed by atoms with Gasteiger partial charge in [0.05, 0.1) is 16.5 Å². The number of aromatic nitrogens is 2. The molecule has 9 heteroatoms. The van der Waals surface area contributed by atoms with E-state index in [4.69, 9.17) is 34.8 Å². The lowest BCUT2D eigenvalue weighted by Gasteiger charge is -2.09. The van der Waals surface area contributed by atoms with Crippen molar-refractivity contribution in [3.05, 3.63) is 84.7 Å². The van der Waals surface area contributed by atoms with Crippen LogP contribution in [0, 0.1) is 6.92 Å². The molecule has 0 spiro atoms. The maximum Gasteiger partial charge on any atom is 0.255 e. The highest BCUT2D eigenvalue weighted by molar-refractivity contribution is 7.99. The van der Waals surface area contributed by atoms with E-state index >= 15 is 0 Å². The van der Waals surface area contributed by atoms with Crippen molar-refractivity contribution in [3.63, 3.8) is 0 Å². The van der Waals surface area contributed by atoms with Crippen molar-refractivity contribution < 1.29 is 4.79 Å². The monoisotopic (exact) mass is 467 g/mol. The predicted octanol–water partition coefficient (Wildman–Crippen LogP) is 5.36. The quantitative estimate of drug-likeness (QED) is 0.377. The summed E-state index contributed by atoms with van der Waals surface area (Å²) in [7, 11) is 0. The van der Waals surface area contributed by atoms with E-state index in [0.717, 1.165) is 17.3 Å². The Labute approximate surface area is 186 Å². The summed E-state index contributed by atoms with van der Waals surface area (Å²) >= 11 is 19.2. The molecule has 2 N–H and O–H groups in total. The summed E-state index contributed by atoms with van der Waals surface area (Å²) in [4.78, 5) is 31.8. The number of carbonyl (C=O) groups is 1. The molecule has 0 atom stereocenters. The first-order valence-electron chi connectivity index (χ1n) is 8.54. The first-order chi connectivity index (χ1) is 13.8. The summed E-state index contributed by atoms with van der Waals surface area (Å²) in [5.74, 6) is -0.217. The molecule has 0 bridgehead atoms. The number of halogens is 3. The Hall–Kier alpha value is -1.99. The molecule has 29 heavy (non-hydrogen) atoms. The third-order valence-corrected chi connectivity index (χ3v) is 5.86. The molecule has 0 aliphatic carbocycles. The fourth-order valence-corrected chi connectivity index (χ4v) is 3.97. The molecule has 1 aromatic heterocycles. The van der Waals surface area contributed by atoms with E-state index < -0.39 is 0 Å². The smallest absolute Gasteiger partial charge is 0.255 e. The number of hydrogen-bond acceptors (Lipinski definition) is 4. The predicted molar refractivity (Wildman–Crippen MR) is 120 cm³/mol. The molecule has 0 unspecified atom stereocenters. The Balaban J connectivity index is 1.67. The van der Waals surface area contributed by atoms with E-state index in [1.54, 1.807) is 31.2 Å². The van der Waals surface area contributed by atoms with Gasteiger partial charge in [-0.3, -0.25) is 9.59 Å². The lowest BCUT2D eigenvalue weighted by Crippen LogP contribution is -2.19. The number of amides is 1. The molecule has 0 saturated carbocycles.